The second-order valence-corrected chi connectivity index (χ2v) is 13.0. The minimum Gasteiger partial charge on any atom is -0.415 e. The Morgan fingerprint density at radius 1 is 1.15 bits per heavy atom. The van der Waals surface area contributed by atoms with E-state index in [9.17, 15) is 18.0 Å². The van der Waals surface area contributed by atoms with E-state index < -0.39 is 32.0 Å². The lowest BCUT2D eigenvalue weighted by Gasteiger charge is -2.38. The predicted molar refractivity (Wildman–Crippen MR) is 102 cm³/mol. The molecule has 1 unspecified atom stereocenters. The maximum Gasteiger partial charge on any atom is 0.430 e. The third kappa shape index (κ3) is 5.11. The number of halogens is 3. The summed E-state index contributed by atoms with van der Waals surface area (Å²) < 4.78 is 52.4. The van der Waals surface area contributed by atoms with Crippen LogP contribution < -0.4 is 5.32 Å². The van der Waals surface area contributed by atoms with E-state index >= 15 is 0 Å². The van der Waals surface area contributed by atoms with E-state index in [4.69, 9.17) is 9.16 Å². The summed E-state index contributed by atoms with van der Waals surface area (Å²) in [5.74, 6) is -1.25. The smallest absolute Gasteiger partial charge is 0.415 e. The average molecular weight is 406 g/mol. The predicted octanol–water partition coefficient (Wildman–Crippen LogP) is 4.62. The fraction of sp³-hybridized carbons (Fsp3) is 0.632. The van der Waals surface area contributed by atoms with Crippen LogP contribution in [0.25, 0.3) is 0 Å². The molecule has 0 saturated carbocycles. The Kier molecular flexibility index (Phi) is 7.29. The highest BCUT2D eigenvalue weighted by molar-refractivity contribution is 6.74. The molecule has 1 N–H and O–H groups in total. The van der Waals surface area contributed by atoms with Gasteiger partial charge in [0.05, 0.1) is 6.61 Å². The van der Waals surface area contributed by atoms with Crippen molar-refractivity contribution >= 4 is 14.2 Å². The lowest BCUT2D eigenvalue weighted by Crippen LogP contribution is -2.58. The van der Waals surface area contributed by atoms with Gasteiger partial charge >= 0.3 is 6.18 Å². The minimum atomic E-state index is -4.92. The molecule has 0 radical (unpaired) electrons. The maximum atomic E-state index is 13.9. The van der Waals surface area contributed by atoms with Gasteiger partial charge in [-0.15, -0.1) is 0 Å². The summed E-state index contributed by atoms with van der Waals surface area (Å²) in [5, 5.41) is 2.38. The van der Waals surface area contributed by atoms with Crippen molar-refractivity contribution in [1.82, 2.24) is 5.32 Å². The van der Waals surface area contributed by atoms with Crippen molar-refractivity contribution in [3.8, 4) is 0 Å². The number of hydrogen-bond acceptors (Lipinski definition) is 3. The number of hydrogen-bond donors (Lipinski definition) is 1. The summed E-state index contributed by atoms with van der Waals surface area (Å²) in [7, 11) is -1.19. The van der Waals surface area contributed by atoms with Crippen molar-refractivity contribution in [2.45, 2.75) is 63.6 Å². The summed E-state index contributed by atoms with van der Waals surface area (Å²) in [6, 6.07) is 6.31. The summed E-state index contributed by atoms with van der Waals surface area (Å²) in [6.07, 6.45) is -4.92. The van der Waals surface area contributed by atoms with Crippen LogP contribution in [-0.4, -0.2) is 40.2 Å². The van der Waals surface area contributed by atoms with Crippen molar-refractivity contribution in [3.63, 3.8) is 0 Å². The number of nitrogens with one attached hydrogen (secondary N) is 1. The molecule has 2 atom stereocenters. The van der Waals surface area contributed by atoms with Crippen LogP contribution in [0.15, 0.2) is 30.3 Å². The zero-order chi connectivity index (χ0) is 21.1. The first kappa shape index (κ1) is 23.7. The topological polar surface area (TPSA) is 47.6 Å². The molecule has 1 amide bonds. The second kappa shape index (κ2) is 8.32. The first-order chi connectivity index (χ1) is 12.2. The van der Waals surface area contributed by atoms with E-state index in [0.29, 0.717) is 0 Å². The van der Waals surface area contributed by atoms with Gasteiger partial charge in [0.1, 0.15) is 0 Å². The molecule has 4 nitrogen and oxygen atoms in total. The van der Waals surface area contributed by atoms with Gasteiger partial charge in [-0.1, -0.05) is 51.1 Å². The molecule has 0 bridgehead atoms. The van der Waals surface area contributed by atoms with Crippen LogP contribution >= 0.6 is 0 Å². The molecule has 8 heteroatoms. The van der Waals surface area contributed by atoms with Crippen LogP contribution in [0.3, 0.4) is 0 Å². The molecule has 154 valence electrons. The molecule has 0 aliphatic carbocycles. The van der Waals surface area contributed by atoms with Gasteiger partial charge in [-0.05, 0) is 25.1 Å². The molecule has 27 heavy (non-hydrogen) atoms. The molecule has 0 heterocycles. The summed E-state index contributed by atoms with van der Waals surface area (Å²) >= 11 is 0. The number of alkyl halides is 3. The lowest BCUT2D eigenvalue weighted by atomic mass is 9.91. The van der Waals surface area contributed by atoms with Gasteiger partial charge in [0.2, 0.25) is 0 Å². The van der Waals surface area contributed by atoms with Gasteiger partial charge in [0.25, 0.3) is 11.5 Å². The van der Waals surface area contributed by atoms with E-state index in [-0.39, 0.29) is 17.2 Å². The second-order valence-electron chi connectivity index (χ2n) is 8.19. The average Bonchev–Trinajstić information content (AvgIpc) is 2.53. The van der Waals surface area contributed by atoms with E-state index in [1.165, 1.54) is 24.3 Å². The monoisotopic (exact) mass is 405 g/mol. The van der Waals surface area contributed by atoms with Crippen molar-refractivity contribution in [3.05, 3.63) is 35.9 Å². The third-order valence-electron chi connectivity index (χ3n) is 5.08. The van der Waals surface area contributed by atoms with Gasteiger partial charge < -0.3 is 14.5 Å². The zero-order valence-corrected chi connectivity index (χ0v) is 18.0. The first-order valence-electron chi connectivity index (χ1n) is 8.81. The highest BCUT2D eigenvalue weighted by atomic mass is 28.4. The number of carbonyl (C=O) groups excluding carboxylic acids is 1. The largest absolute Gasteiger partial charge is 0.430 e. The molecule has 1 aromatic carbocycles. The van der Waals surface area contributed by atoms with E-state index in [2.05, 4.69) is 26.1 Å². The molecule has 0 fully saturated rings. The number of methoxy groups -OCH3 is 1. The Bertz CT molecular complexity index is 629. The normalized spacial score (nSPS) is 16.5. The van der Waals surface area contributed by atoms with Gasteiger partial charge in [-0.2, -0.15) is 13.2 Å². The number of rotatable bonds is 7. The molecule has 0 aliphatic rings. The SMILES string of the molecule is COC(C(=O)N[C@@H](C)CO[Si](C)(C)C(C)(C)C)(c1ccccc1)C(F)(F)F. The minimum absolute atomic E-state index is 0.0387. The van der Waals surface area contributed by atoms with E-state index in [1.807, 2.05) is 13.1 Å². The van der Waals surface area contributed by atoms with Crippen molar-refractivity contribution in [2.24, 2.45) is 0 Å². The molecule has 1 rings (SSSR count). The molecule has 0 aromatic heterocycles. The zero-order valence-electron chi connectivity index (χ0n) is 17.0. The highest BCUT2D eigenvalue weighted by Gasteiger charge is 2.62. The van der Waals surface area contributed by atoms with Crippen LogP contribution in [0.2, 0.25) is 18.1 Å². The van der Waals surface area contributed by atoms with Crippen LogP contribution in [0.4, 0.5) is 13.2 Å². The summed E-state index contributed by atoms with van der Waals surface area (Å²) in [6.45, 7) is 12.0. The summed E-state index contributed by atoms with van der Waals surface area (Å²) in [4.78, 5) is 12.7. The van der Waals surface area contributed by atoms with Gasteiger partial charge in [-0.3, -0.25) is 4.79 Å². The highest BCUT2D eigenvalue weighted by Crippen LogP contribution is 2.42. The first-order valence-corrected chi connectivity index (χ1v) is 11.7. The fourth-order valence-electron chi connectivity index (χ4n) is 2.34. The number of carbonyl (C=O) groups is 1. The van der Waals surface area contributed by atoms with Gasteiger partial charge in [0, 0.05) is 18.7 Å². The van der Waals surface area contributed by atoms with E-state index in [0.717, 1.165) is 7.11 Å². The Hall–Kier alpha value is -1.38. The van der Waals surface area contributed by atoms with Crippen molar-refractivity contribution in [2.75, 3.05) is 13.7 Å². The number of benzene rings is 1. The van der Waals surface area contributed by atoms with Gasteiger partial charge in [0.15, 0.2) is 8.32 Å². The van der Waals surface area contributed by atoms with Crippen LogP contribution in [0, 0.1) is 0 Å². The quantitative estimate of drug-likeness (QED) is 0.674. The Morgan fingerprint density at radius 3 is 2.07 bits per heavy atom. The van der Waals surface area contributed by atoms with Crippen LogP contribution in [0.1, 0.15) is 33.3 Å². The molecule has 1 aromatic rings. The third-order valence-corrected chi connectivity index (χ3v) is 9.58. The van der Waals surface area contributed by atoms with Gasteiger partial charge in [-0.25, -0.2) is 0 Å². The Balaban J connectivity index is 3.02. The van der Waals surface area contributed by atoms with Crippen LogP contribution in [0.5, 0.6) is 0 Å². The fourth-order valence-corrected chi connectivity index (χ4v) is 3.44. The summed E-state index contributed by atoms with van der Waals surface area (Å²) in [5.41, 5.74) is -3.34. The molecule has 0 saturated heterocycles. The molecular weight excluding hydrogens is 375 g/mol. The maximum absolute atomic E-state index is 13.9. The van der Waals surface area contributed by atoms with E-state index in [1.54, 1.807) is 13.0 Å². The number of amides is 1. The molecule has 0 aliphatic heterocycles. The lowest BCUT2D eigenvalue weighted by molar-refractivity contribution is -0.266. The van der Waals surface area contributed by atoms with Crippen molar-refractivity contribution in [1.29, 1.82) is 0 Å². The Morgan fingerprint density at radius 2 is 1.67 bits per heavy atom. The molecular formula is C19H30F3NO3Si. The number of ether oxygens (including phenoxy) is 1. The standard InChI is InChI=1S/C19H30F3NO3Si/c1-14(13-26-27(6,7)17(2,3)4)23-16(24)18(25-5,19(20,21)22)15-11-9-8-10-12-15/h8-12,14H,13H2,1-7H3,(H,23,24)/t14-,18?/m0/s1. The molecule has 0 spiro atoms. The Labute approximate surface area is 160 Å². The van der Waals surface area contributed by atoms with Crippen molar-refractivity contribution < 1.29 is 27.1 Å². The van der Waals surface area contributed by atoms with Crippen LogP contribution in [-0.2, 0) is 19.6 Å².